The Kier molecular flexibility index (Phi) is 3.46. The topological polar surface area (TPSA) is 44.4 Å². The summed E-state index contributed by atoms with van der Waals surface area (Å²) < 4.78 is 0. The number of likely N-dealkylation sites (tertiary alicyclic amines) is 1. The summed E-state index contributed by atoms with van der Waals surface area (Å²) in [5, 5.41) is 6.55. The molecule has 0 unspecified atom stereocenters. The van der Waals surface area contributed by atoms with Crippen LogP contribution in [0.5, 0.6) is 0 Å². The molecule has 4 rings (SSSR count). The van der Waals surface area contributed by atoms with E-state index in [1.807, 2.05) is 18.2 Å². The number of carbonyl (C=O) groups excluding carboxylic acids is 1. The molecular formula is C18H25N3O. The van der Waals surface area contributed by atoms with Gasteiger partial charge in [-0.3, -0.25) is 4.79 Å². The summed E-state index contributed by atoms with van der Waals surface area (Å²) in [6.45, 7) is 2.94. The van der Waals surface area contributed by atoms with Crippen molar-refractivity contribution in [1.29, 1.82) is 0 Å². The zero-order valence-electron chi connectivity index (χ0n) is 13.3. The Morgan fingerprint density at radius 2 is 2.23 bits per heavy atom. The van der Waals surface area contributed by atoms with E-state index in [9.17, 15) is 4.79 Å². The van der Waals surface area contributed by atoms with Crippen LogP contribution in [0.4, 0.5) is 5.69 Å². The molecule has 3 aliphatic rings. The van der Waals surface area contributed by atoms with Gasteiger partial charge in [0.1, 0.15) is 0 Å². The van der Waals surface area contributed by atoms with Crippen LogP contribution in [-0.4, -0.2) is 43.5 Å². The molecular weight excluding hydrogens is 274 g/mol. The zero-order valence-corrected chi connectivity index (χ0v) is 13.3. The molecule has 1 spiro atoms. The van der Waals surface area contributed by atoms with Crippen LogP contribution in [0.25, 0.3) is 0 Å². The minimum absolute atomic E-state index is 0.194. The molecule has 1 aromatic rings. The first-order chi connectivity index (χ1) is 10.7. The van der Waals surface area contributed by atoms with Crippen LogP contribution in [-0.2, 0) is 10.2 Å². The quantitative estimate of drug-likeness (QED) is 0.874. The molecule has 22 heavy (non-hydrogen) atoms. The minimum atomic E-state index is -0.311. The number of likely N-dealkylation sites (N-methyl/N-ethyl adjacent to an activating group) is 1. The van der Waals surface area contributed by atoms with E-state index in [2.05, 4.69) is 28.6 Å². The second-order valence-corrected chi connectivity index (χ2v) is 7.23. The summed E-state index contributed by atoms with van der Waals surface area (Å²) in [7, 11) is 2.07. The Hall–Kier alpha value is -1.39. The van der Waals surface area contributed by atoms with Crippen molar-refractivity contribution in [1.82, 2.24) is 10.2 Å². The molecule has 1 saturated carbocycles. The SMILES string of the molecule is CN[C@@H](CC1CC1)CN1CC[C@@]2(C1)C(=O)Nc1ccccc12. The minimum Gasteiger partial charge on any atom is -0.325 e. The fraction of sp³-hybridized carbons (Fsp3) is 0.611. The van der Waals surface area contributed by atoms with Crippen molar-refractivity contribution in [3.05, 3.63) is 29.8 Å². The molecule has 0 radical (unpaired) electrons. The van der Waals surface area contributed by atoms with Crippen molar-refractivity contribution in [2.24, 2.45) is 5.92 Å². The summed E-state index contributed by atoms with van der Waals surface area (Å²) in [4.78, 5) is 15.1. The number of hydrogen-bond acceptors (Lipinski definition) is 3. The molecule has 4 nitrogen and oxygen atoms in total. The summed E-state index contributed by atoms with van der Waals surface area (Å²) in [5.74, 6) is 1.13. The molecule has 2 N–H and O–H groups in total. The Balaban J connectivity index is 1.48. The second-order valence-electron chi connectivity index (χ2n) is 7.23. The molecule has 2 aliphatic heterocycles. The normalized spacial score (nSPS) is 28.9. The molecule has 2 heterocycles. The van der Waals surface area contributed by atoms with Gasteiger partial charge in [0.25, 0.3) is 0 Å². The standard InChI is InChI=1S/C18H25N3O/c1-19-14(10-13-6-7-13)11-21-9-8-18(12-21)15-4-2-3-5-16(15)20-17(18)22/h2-5,13-14,19H,6-12H2,1H3,(H,20,22)/t14-,18-/m0/s1. The van der Waals surface area contributed by atoms with Gasteiger partial charge in [-0.1, -0.05) is 31.0 Å². The van der Waals surface area contributed by atoms with Gasteiger partial charge in [-0.25, -0.2) is 0 Å². The van der Waals surface area contributed by atoms with Gasteiger partial charge in [0, 0.05) is 24.8 Å². The van der Waals surface area contributed by atoms with Gasteiger partial charge in [0.05, 0.1) is 5.41 Å². The molecule has 4 heteroatoms. The lowest BCUT2D eigenvalue weighted by Crippen LogP contribution is -2.42. The van der Waals surface area contributed by atoms with E-state index < -0.39 is 0 Å². The molecule has 2 fully saturated rings. The smallest absolute Gasteiger partial charge is 0.236 e. The number of rotatable bonds is 5. The van der Waals surface area contributed by atoms with Gasteiger partial charge in [-0.15, -0.1) is 0 Å². The summed E-state index contributed by atoms with van der Waals surface area (Å²) >= 11 is 0. The van der Waals surface area contributed by atoms with Crippen molar-refractivity contribution in [2.45, 2.75) is 37.1 Å². The summed E-state index contributed by atoms with van der Waals surface area (Å²) in [5.41, 5.74) is 1.90. The van der Waals surface area contributed by atoms with Crippen LogP contribution < -0.4 is 10.6 Å². The van der Waals surface area contributed by atoms with E-state index in [1.54, 1.807) is 0 Å². The lowest BCUT2D eigenvalue weighted by molar-refractivity contribution is -0.120. The van der Waals surface area contributed by atoms with E-state index in [0.717, 1.165) is 37.7 Å². The monoisotopic (exact) mass is 299 g/mol. The van der Waals surface area contributed by atoms with Crippen molar-refractivity contribution >= 4 is 11.6 Å². The van der Waals surface area contributed by atoms with Crippen molar-refractivity contribution in [3.63, 3.8) is 0 Å². The van der Waals surface area contributed by atoms with Crippen LogP contribution in [0.2, 0.25) is 0 Å². The first-order valence-corrected chi connectivity index (χ1v) is 8.52. The summed E-state index contributed by atoms with van der Waals surface area (Å²) in [6.07, 6.45) is 5.02. The average Bonchev–Trinajstić information content (AvgIpc) is 3.17. The molecule has 118 valence electrons. The van der Waals surface area contributed by atoms with Gasteiger partial charge in [0.15, 0.2) is 0 Å². The van der Waals surface area contributed by atoms with Gasteiger partial charge in [0.2, 0.25) is 5.91 Å². The largest absolute Gasteiger partial charge is 0.325 e. The summed E-state index contributed by atoms with van der Waals surface area (Å²) in [6, 6.07) is 8.75. The molecule has 1 aromatic carbocycles. The molecule has 0 aromatic heterocycles. The number of benzene rings is 1. The second kappa shape index (κ2) is 5.36. The number of amides is 1. The third-order valence-electron chi connectivity index (χ3n) is 5.68. The van der Waals surface area contributed by atoms with Gasteiger partial charge < -0.3 is 15.5 Å². The third-order valence-corrected chi connectivity index (χ3v) is 5.68. The lowest BCUT2D eigenvalue weighted by atomic mass is 9.81. The number of nitrogens with one attached hydrogen (secondary N) is 2. The first-order valence-electron chi connectivity index (χ1n) is 8.52. The number of anilines is 1. The zero-order chi connectivity index (χ0) is 15.2. The Bertz CT molecular complexity index is 583. The highest BCUT2D eigenvalue weighted by atomic mass is 16.2. The first kappa shape index (κ1) is 14.2. The van der Waals surface area contributed by atoms with Crippen LogP contribution in [0, 0.1) is 5.92 Å². The van der Waals surface area contributed by atoms with E-state index in [0.29, 0.717) is 6.04 Å². The lowest BCUT2D eigenvalue weighted by Gasteiger charge is -2.26. The maximum Gasteiger partial charge on any atom is 0.236 e. The van der Waals surface area contributed by atoms with Crippen LogP contribution in [0.3, 0.4) is 0 Å². The van der Waals surface area contributed by atoms with E-state index in [4.69, 9.17) is 0 Å². The fourth-order valence-corrected chi connectivity index (χ4v) is 4.17. The number of carbonyl (C=O) groups is 1. The molecule has 1 aliphatic carbocycles. The highest BCUT2D eigenvalue weighted by Crippen LogP contribution is 2.44. The molecule has 1 saturated heterocycles. The Labute approximate surface area is 132 Å². The van der Waals surface area contributed by atoms with E-state index in [1.165, 1.54) is 24.8 Å². The predicted octanol–water partition coefficient (Wildman–Crippen LogP) is 1.97. The average molecular weight is 299 g/mol. The third kappa shape index (κ3) is 2.34. The molecule has 2 atom stereocenters. The highest BCUT2D eigenvalue weighted by molar-refractivity contribution is 6.06. The maximum absolute atomic E-state index is 12.6. The van der Waals surface area contributed by atoms with Gasteiger partial charge >= 0.3 is 0 Å². The van der Waals surface area contributed by atoms with Crippen LogP contribution >= 0.6 is 0 Å². The van der Waals surface area contributed by atoms with E-state index >= 15 is 0 Å². The number of para-hydroxylation sites is 1. The van der Waals surface area contributed by atoms with E-state index in [-0.39, 0.29) is 11.3 Å². The number of nitrogens with zero attached hydrogens (tertiary/aromatic N) is 1. The van der Waals surface area contributed by atoms with Crippen molar-refractivity contribution < 1.29 is 4.79 Å². The van der Waals surface area contributed by atoms with Crippen LogP contribution in [0.1, 0.15) is 31.2 Å². The van der Waals surface area contributed by atoms with Gasteiger partial charge in [-0.05, 0) is 44.0 Å². The molecule has 1 amide bonds. The van der Waals surface area contributed by atoms with Crippen molar-refractivity contribution in [3.8, 4) is 0 Å². The molecule has 0 bridgehead atoms. The fourth-order valence-electron chi connectivity index (χ4n) is 4.17. The maximum atomic E-state index is 12.6. The highest BCUT2D eigenvalue weighted by Gasteiger charge is 2.51. The predicted molar refractivity (Wildman–Crippen MR) is 88.0 cm³/mol. The number of fused-ring (bicyclic) bond motifs is 2. The van der Waals surface area contributed by atoms with Crippen molar-refractivity contribution in [2.75, 3.05) is 32.0 Å². The van der Waals surface area contributed by atoms with Gasteiger partial charge in [-0.2, -0.15) is 0 Å². The number of hydrogen-bond donors (Lipinski definition) is 2. The van der Waals surface area contributed by atoms with Crippen LogP contribution in [0.15, 0.2) is 24.3 Å². The Morgan fingerprint density at radius 1 is 1.41 bits per heavy atom. The Morgan fingerprint density at radius 3 is 3.00 bits per heavy atom.